The minimum atomic E-state index is 0.217. The van der Waals surface area contributed by atoms with E-state index in [-0.39, 0.29) is 5.92 Å². The number of Topliss-reactive ketones (excluding diaryl/α,β-unsaturated/α-hetero) is 1. The van der Waals surface area contributed by atoms with Crippen LogP contribution in [0.2, 0.25) is 0 Å². The summed E-state index contributed by atoms with van der Waals surface area (Å²) in [7, 11) is 0. The summed E-state index contributed by atoms with van der Waals surface area (Å²) in [4.78, 5) is 12.6. The maximum Gasteiger partial charge on any atom is 0.165 e. The van der Waals surface area contributed by atoms with Crippen LogP contribution in [0.3, 0.4) is 0 Å². The number of hydrogen-bond acceptors (Lipinski definition) is 1. The van der Waals surface area contributed by atoms with Gasteiger partial charge < -0.3 is 0 Å². The number of hydrogen-bond donors (Lipinski definition) is 0. The molecule has 0 aromatic heterocycles. The van der Waals surface area contributed by atoms with Gasteiger partial charge in [0.05, 0.1) is 0 Å². The lowest BCUT2D eigenvalue weighted by Crippen LogP contribution is -2.14. The SMILES string of the molecule is CCCCCCCc1ccc(C(=O)C(CCC)CCC)cc1. The van der Waals surface area contributed by atoms with Gasteiger partial charge in [0.2, 0.25) is 0 Å². The molecule has 0 unspecified atom stereocenters. The highest BCUT2D eigenvalue weighted by molar-refractivity contribution is 5.97. The normalized spacial score (nSPS) is 11.1. The summed E-state index contributed by atoms with van der Waals surface area (Å²) in [5.74, 6) is 0.563. The van der Waals surface area contributed by atoms with Crippen LogP contribution in [0.15, 0.2) is 24.3 Å². The molecular formula is C21H34O. The number of aryl methyl sites for hydroxylation is 1. The molecule has 0 saturated carbocycles. The standard InChI is InChI=1S/C21H34O/c1-4-7-8-9-10-13-18-14-16-20(17-15-18)21(22)19(11-5-2)12-6-3/h14-17,19H,4-13H2,1-3H3. The number of carbonyl (C=O) groups is 1. The average molecular weight is 303 g/mol. The maximum absolute atomic E-state index is 12.6. The molecule has 0 amide bonds. The van der Waals surface area contributed by atoms with Crippen molar-refractivity contribution in [1.82, 2.24) is 0 Å². The molecule has 0 fully saturated rings. The Morgan fingerprint density at radius 3 is 1.95 bits per heavy atom. The number of unbranched alkanes of at least 4 members (excludes halogenated alkanes) is 4. The van der Waals surface area contributed by atoms with E-state index in [1.165, 1.54) is 37.7 Å². The fourth-order valence-corrected chi connectivity index (χ4v) is 3.11. The van der Waals surface area contributed by atoms with Crippen molar-refractivity contribution >= 4 is 5.78 Å². The van der Waals surface area contributed by atoms with Crippen LogP contribution in [0.1, 0.15) is 94.5 Å². The molecule has 0 radical (unpaired) electrons. The van der Waals surface area contributed by atoms with Gasteiger partial charge in [-0.25, -0.2) is 0 Å². The van der Waals surface area contributed by atoms with Gasteiger partial charge in [-0.05, 0) is 31.2 Å². The van der Waals surface area contributed by atoms with Crippen LogP contribution in [-0.2, 0) is 6.42 Å². The van der Waals surface area contributed by atoms with Crippen molar-refractivity contribution in [2.75, 3.05) is 0 Å². The van der Waals surface area contributed by atoms with Gasteiger partial charge in [-0.3, -0.25) is 4.79 Å². The molecule has 0 spiro atoms. The summed E-state index contributed by atoms with van der Waals surface area (Å²) >= 11 is 0. The van der Waals surface area contributed by atoms with Gasteiger partial charge >= 0.3 is 0 Å². The Bertz CT molecular complexity index is 398. The Hall–Kier alpha value is -1.11. The second kappa shape index (κ2) is 11.5. The minimum Gasteiger partial charge on any atom is -0.294 e. The molecule has 1 aromatic carbocycles. The quantitative estimate of drug-likeness (QED) is 0.314. The van der Waals surface area contributed by atoms with E-state index >= 15 is 0 Å². The predicted molar refractivity (Wildman–Crippen MR) is 96.5 cm³/mol. The average Bonchev–Trinajstić information content (AvgIpc) is 2.54. The summed E-state index contributed by atoms with van der Waals surface area (Å²) in [5, 5.41) is 0. The smallest absolute Gasteiger partial charge is 0.165 e. The molecule has 0 N–H and O–H groups in total. The third kappa shape index (κ3) is 6.77. The van der Waals surface area contributed by atoms with E-state index in [4.69, 9.17) is 0 Å². The molecule has 1 nitrogen and oxygen atoms in total. The molecule has 124 valence electrons. The first-order valence-corrected chi connectivity index (χ1v) is 9.36. The number of ketones is 1. The second-order valence-corrected chi connectivity index (χ2v) is 6.50. The van der Waals surface area contributed by atoms with Gasteiger partial charge in [-0.1, -0.05) is 83.6 Å². The lowest BCUT2D eigenvalue weighted by Gasteiger charge is -2.14. The Kier molecular flexibility index (Phi) is 9.86. The molecule has 0 atom stereocenters. The van der Waals surface area contributed by atoms with Crippen molar-refractivity contribution in [2.24, 2.45) is 5.92 Å². The Morgan fingerprint density at radius 1 is 0.818 bits per heavy atom. The Morgan fingerprint density at radius 2 is 1.41 bits per heavy atom. The van der Waals surface area contributed by atoms with Gasteiger partial charge in [0.25, 0.3) is 0 Å². The first-order valence-electron chi connectivity index (χ1n) is 9.36. The molecule has 22 heavy (non-hydrogen) atoms. The molecule has 0 heterocycles. The monoisotopic (exact) mass is 302 g/mol. The summed E-state index contributed by atoms with van der Waals surface area (Å²) in [6, 6.07) is 8.40. The summed E-state index contributed by atoms with van der Waals surface area (Å²) in [5.41, 5.74) is 2.28. The molecule has 1 heteroatoms. The molecule has 0 aliphatic heterocycles. The third-order valence-electron chi connectivity index (χ3n) is 4.45. The van der Waals surface area contributed by atoms with E-state index in [2.05, 4.69) is 32.9 Å². The van der Waals surface area contributed by atoms with Crippen LogP contribution in [0.25, 0.3) is 0 Å². The molecular weight excluding hydrogens is 268 g/mol. The number of rotatable bonds is 12. The van der Waals surface area contributed by atoms with Crippen LogP contribution in [0.4, 0.5) is 0 Å². The van der Waals surface area contributed by atoms with E-state index in [9.17, 15) is 4.79 Å². The van der Waals surface area contributed by atoms with E-state index < -0.39 is 0 Å². The van der Waals surface area contributed by atoms with Crippen LogP contribution in [-0.4, -0.2) is 5.78 Å². The van der Waals surface area contributed by atoms with Crippen molar-refractivity contribution in [1.29, 1.82) is 0 Å². The van der Waals surface area contributed by atoms with Crippen molar-refractivity contribution in [3.63, 3.8) is 0 Å². The zero-order valence-corrected chi connectivity index (χ0v) is 14.9. The molecule has 0 aliphatic carbocycles. The van der Waals surface area contributed by atoms with Crippen LogP contribution in [0.5, 0.6) is 0 Å². The highest BCUT2D eigenvalue weighted by Gasteiger charge is 2.18. The Balaban J connectivity index is 2.50. The summed E-state index contributed by atoms with van der Waals surface area (Å²) < 4.78 is 0. The fourth-order valence-electron chi connectivity index (χ4n) is 3.11. The third-order valence-corrected chi connectivity index (χ3v) is 4.45. The van der Waals surface area contributed by atoms with E-state index in [0.29, 0.717) is 5.78 Å². The van der Waals surface area contributed by atoms with Crippen LogP contribution in [0, 0.1) is 5.92 Å². The topological polar surface area (TPSA) is 17.1 Å². The largest absolute Gasteiger partial charge is 0.294 e. The zero-order chi connectivity index (χ0) is 16.2. The summed E-state index contributed by atoms with van der Waals surface area (Å²) in [6.45, 7) is 6.58. The Labute approximate surface area is 137 Å². The second-order valence-electron chi connectivity index (χ2n) is 6.50. The van der Waals surface area contributed by atoms with Gasteiger partial charge in [0.1, 0.15) is 0 Å². The van der Waals surface area contributed by atoms with Crippen molar-refractivity contribution < 1.29 is 4.79 Å². The van der Waals surface area contributed by atoms with E-state index in [1.807, 2.05) is 12.1 Å². The predicted octanol–water partition coefficient (Wildman–Crippen LogP) is 6.60. The minimum absolute atomic E-state index is 0.217. The first-order chi connectivity index (χ1) is 10.7. The number of benzene rings is 1. The van der Waals surface area contributed by atoms with Crippen molar-refractivity contribution in [3.8, 4) is 0 Å². The molecule has 0 saturated heterocycles. The van der Waals surface area contributed by atoms with Crippen molar-refractivity contribution in [2.45, 2.75) is 85.0 Å². The van der Waals surface area contributed by atoms with Crippen LogP contribution >= 0.6 is 0 Å². The van der Waals surface area contributed by atoms with Gasteiger partial charge in [0, 0.05) is 11.5 Å². The lowest BCUT2D eigenvalue weighted by atomic mass is 9.89. The molecule has 1 aromatic rings. The van der Waals surface area contributed by atoms with Crippen molar-refractivity contribution in [3.05, 3.63) is 35.4 Å². The highest BCUT2D eigenvalue weighted by atomic mass is 16.1. The van der Waals surface area contributed by atoms with E-state index in [1.54, 1.807) is 0 Å². The summed E-state index contributed by atoms with van der Waals surface area (Å²) in [6.07, 6.45) is 12.0. The first kappa shape index (κ1) is 18.9. The fraction of sp³-hybridized carbons (Fsp3) is 0.667. The van der Waals surface area contributed by atoms with Crippen LogP contribution < -0.4 is 0 Å². The zero-order valence-electron chi connectivity index (χ0n) is 14.9. The maximum atomic E-state index is 12.6. The molecule has 1 rings (SSSR count). The van der Waals surface area contributed by atoms with Gasteiger partial charge in [-0.2, -0.15) is 0 Å². The van der Waals surface area contributed by atoms with E-state index in [0.717, 1.165) is 37.7 Å². The highest BCUT2D eigenvalue weighted by Crippen LogP contribution is 2.20. The lowest BCUT2D eigenvalue weighted by molar-refractivity contribution is 0.0905. The molecule has 0 bridgehead atoms. The van der Waals surface area contributed by atoms with Gasteiger partial charge in [0.15, 0.2) is 5.78 Å². The molecule has 0 aliphatic rings. The van der Waals surface area contributed by atoms with Gasteiger partial charge in [-0.15, -0.1) is 0 Å². The number of carbonyl (C=O) groups excluding carboxylic acids is 1.